The Morgan fingerprint density at radius 1 is 1.14 bits per heavy atom. The van der Waals surface area contributed by atoms with Gasteiger partial charge in [0.25, 0.3) is 5.69 Å². The molecule has 0 unspecified atom stereocenters. The molecule has 0 aliphatic heterocycles. The second kappa shape index (κ2) is 6.11. The van der Waals surface area contributed by atoms with Crippen LogP contribution in [0.25, 0.3) is 0 Å². The highest BCUT2D eigenvalue weighted by atomic mass is 32.2. The highest BCUT2D eigenvalue weighted by Gasteiger charge is 2.30. The molecule has 0 bridgehead atoms. The summed E-state index contributed by atoms with van der Waals surface area (Å²) in [7, 11) is -1.99. The summed E-state index contributed by atoms with van der Waals surface area (Å²) in [5, 5.41) is 10.6. The predicted molar refractivity (Wildman–Crippen MR) is 79.5 cm³/mol. The van der Waals surface area contributed by atoms with E-state index in [9.17, 15) is 18.5 Å². The molecule has 0 atom stereocenters. The highest BCUT2D eigenvalue weighted by molar-refractivity contribution is 7.89. The molecule has 1 aromatic rings. The number of benzene rings is 1. The number of sulfonamides is 1. The molecule has 2 rings (SSSR count). The minimum Gasteiger partial charge on any atom is -0.258 e. The lowest BCUT2D eigenvalue weighted by atomic mass is 9.87. The fourth-order valence-corrected chi connectivity index (χ4v) is 4.12. The second-order valence-corrected chi connectivity index (χ2v) is 7.68. The predicted octanol–water partition coefficient (Wildman–Crippen LogP) is 2.79. The van der Waals surface area contributed by atoms with Crippen LogP contribution in [0.4, 0.5) is 5.69 Å². The Kier molecular flexibility index (Phi) is 4.63. The van der Waals surface area contributed by atoms with E-state index < -0.39 is 14.9 Å². The first-order chi connectivity index (χ1) is 9.82. The fourth-order valence-electron chi connectivity index (χ4n) is 2.71. The second-order valence-electron chi connectivity index (χ2n) is 5.69. The summed E-state index contributed by atoms with van der Waals surface area (Å²) in [4.78, 5) is 10.2. The Morgan fingerprint density at radius 2 is 1.67 bits per heavy atom. The van der Waals surface area contributed by atoms with Crippen molar-refractivity contribution in [2.45, 2.75) is 43.5 Å². The molecule has 1 aliphatic rings. The number of nitrogens with zero attached hydrogens (tertiary/aromatic N) is 2. The summed E-state index contributed by atoms with van der Waals surface area (Å²) in [5.74, 6) is 0.650. The van der Waals surface area contributed by atoms with Gasteiger partial charge in [0, 0.05) is 25.2 Å². The largest absolute Gasteiger partial charge is 0.269 e. The average Bonchev–Trinajstić information content (AvgIpc) is 2.47. The van der Waals surface area contributed by atoms with E-state index in [1.165, 1.54) is 28.6 Å². The molecule has 1 fully saturated rings. The van der Waals surface area contributed by atoms with Gasteiger partial charge in [-0.2, -0.15) is 4.31 Å². The summed E-state index contributed by atoms with van der Waals surface area (Å²) in [5.41, 5.74) is -0.108. The molecule has 6 nitrogen and oxygen atoms in total. The monoisotopic (exact) mass is 312 g/mol. The van der Waals surface area contributed by atoms with Crippen molar-refractivity contribution in [3.05, 3.63) is 34.4 Å². The molecular weight excluding hydrogens is 292 g/mol. The number of rotatable bonds is 4. The van der Waals surface area contributed by atoms with E-state index in [2.05, 4.69) is 6.92 Å². The van der Waals surface area contributed by atoms with E-state index in [1.54, 1.807) is 7.05 Å². The Morgan fingerprint density at radius 3 is 2.14 bits per heavy atom. The van der Waals surface area contributed by atoms with E-state index in [0.29, 0.717) is 5.92 Å². The van der Waals surface area contributed by atoms with Gasteiger partial charge in [0.1, 0.15) is 0 Å². The van der Waals surface area contributed by atoms with Gasteiger partial charge in [-0.3, -0.25) is 10.1 Å². The van der Waals surface area contributed by atoms with Crippen molar-refractivity contribution in [3.63, 3.8) is 0 Å². The molecule has 116 valence electrons. The molecular formula is C14H20N2O4S. The third-order valence-corrected chi connectivity index (χ3v) is 6.15. The normalized spacial score (nSPS) is 23.2. The zero-order valence-electron chi connectivity index (χ0n) is 12.2. The smallest absolute Gasteiger partial charge is 0.258 e. The highest BCUT2D eigenvalue weighted by Crippen LogP contribution is 2.29. The summed E-state index contributed by atoms with van der Waals surface area (Å²) in [6.45, 7) is 2.18. The fraction of sp³-hybridized carbons (Fsp3) is 0.571. The topological polar surface area (TPSA) is 80.5 Å². The van der Waals surface area contributed by atoms with Crippen molar-refractivity contribution in [3.8, 4) is 0 Å². The Hall–Kier alpha value is -1.47. The van der Waals surface area contributed by atoms with Crippen LogP contribution in [0.2, 0.25) is 0 Å². The maximum atomic E-state index is 12.6. The number of non-ortho nitro benzene ring substituents is 1. The molecule has 21 heavy (non-hydrogen) atoms. The van der Waals surface area contributed by atoms with Gasteiger partial charge in [-0.25, -0.2) is 8.42 Å². The van der Waals surface area contributed by atoms with Gasteiger partial charge in [-0.1, -0.05) is 6.92 Å². The first kappa shape index (κ1) is 15.9. The third-order valence-electron chi connectivity index (χ3n) is 4.22. The Bertz CT molecular complexity index is 604. The molecule has 1 aliphatic carbocycles. The van der Waals surface area contributed by atoms with E-state index in [4.69, 9.17) is 0 Å². The Labute approximate surface area is 125 Å². The minimum absolute atomic E-state index is 0.0152. The van der Waals surface area contributed by atoms with Crippen LogP contribution in [0.3, 0.4) is 0 Å². The first-order valence-electron chi connectivity index (χ1n) is 7.05. The van der Waals surface area contributed by atoms with Crippen LogP contribution in [0.1, 0.15) is 32.6 Å². The number of nitro benzene ring substituents is 1. The number of hydrogen-bond acceptors (Lipinski definition) is 4. The van der Waals surface area contributed by atoms with Crippen LogP contribution in [0, 0.1) is 16.0 Å². The summed E-state index contributed by atoms with van der Waals surface area (Å²) >= 11 is 0. The van der Waals surface area contributed by atoms with Gasteiger partial charge in [0.05, 0.1) is 9.82 Å². The maximum Gasteiger partial charge on any atom is 0.269 e. The summed E-state index contributed by atoms with van der Waals surface area (Å²) in [6, 6.07) is 5.07. The van der Waals surface area contributed by atoms with E-state index in [1.807, 2.05) is 0 Å². The van der Waals surface area contributed by atoms with Crippen LogP contribution in [0.5, 0.6) is 0 Å². The third kappa shape index (κ3) is 3.41. The Balaban J connectivity index is 2.18. The van der Waals surface area contributed by atoms with E-state index in [-0.39, 0.29) is 16.6 Å². The molecule has 0 N–H and O–H groups in total. The van der Waals surface area contributed by atoms with Crippen molar-refractivity contribution in [2.24, 2.45) is 5.92 Å². The molecule has 0 spiro atoms. The molecule has 0 heterocycles. The summed E-state index contributed by atoms with van der Waals surface area (Å²) < 4.78 is 26.5. The van der Waals surface area contributed by atoms with Gasteiger partial charge in [-0.15, -0.1) is 0 Å². The molecule has 7 heteroatoms. The zero-order chi connectivity index (χ0) is 15.6. The van der Waals surface area contributed by atoms with Crippen LogP contribution in [-0.2, 0) is 10.0 Å². The molecule has 0 saturated heterocycles. The quantitative estimate of drug-likeness (QED) is 0.632. The van der Waals surface area contributed by atoms with Gasteiger partial charge in [0.15, 0.2) is 0 Å². The van der Waals surface area contributed by atoms with Crippen LogP contribution in [-0.4, -0.2) is 30.7 Å². The average molecular weight is 312 g/mol. The summed E-state index contributed by atoms with van der Waals surface area (Å²) in [6.07, 6.45) is 3.79. The molecule has 0 radical (unpaired) electrons. The SMILES string of the molecule is CC1CCC(N(C)S(=O)(=O)c2ccc([N+](=O)[O-])cc2)CC1. The van der Waals surface area contributed by atoms with Crippen molar-refractivity contribution in [1.29, 1.82) is 0 Å². The molecule has 0 amide bonds. The van der Waals surface area contributed by atoms with Crippen molar-refractivity contribution in [1.82, 2.24) is 4.31 Å². The van der Waals surface area contributed by atoms with Crippen LogP contribution < -0.4 is 0 Å². The van der Waals surface area contributed by atoms with Crippen molar-refractivity contribution in [2.75, 3.05) is 7.05 Å². The molecule has 0 aromatic heterocycles. The van der Waals surface area contributed by atoms with Gasteiger partial charge in [-0.05, 0) is 43.7 Å². The van der Waals surface area contributed by atoms with Crippen molar-refractivity contribution < 1.29 is 13.3 Å². The number of nitro groups is 1. The van der Waals surface area contributed by atoms with E-state index >= 15 is 0 Å². The van der Waals surface area contributed by atoms with Gasteiger partial charge >= 0.3 is 0 Å². The number of hydrogen-bond donors (Lipinski definition) is 0. The first-order valence-corrected chi connectivity index (χ1v) is 8.49. The molecule has 1 aromatic carbocycles. The van der Waals surface area contributed by atoms with Crippen molar-refractivity contribution >= 4 is 15.7 Å². The lowest BCUT2D eigenvalue weighted by Gasteiger charge is -2.32. The molecule has 1 saturated carbocycles. The van der Waals surface area contributed by atoms with Gasteiger partial charge < -0.3 is 0 Å². The van der Waals surface area contributed by atoms with Crippen LogP contribution in [0.15, 0.2) is 29.2 Å². The maximum absolute atomic E-state index is 12.6. The van der Waals surface area contributed by atoms with E-state index in [0.717, 1.165) is 25.7 Å². The standard InChI is InChI=1S/C14H20N2O4S/c1-11-3-5-12(6-4-11)15(2)21(19,20)14-9-7-13(8-10-14)16(17)18/h7-12H,3-6H2,1-2H3. The lowest BCUT2D eigenvalue weighted by molar-refractivity contribution is -0.384. The van der Waals surface area contributed by atoms with Gasteiger partial charge in [0.2, 0.25) is 10.0 Å². The minimum atomic E-state index is -3.59. The lowest BCUT2D eigenvalue weighted by Crippen LogP contribution is -2.39. The van der Waals surface area contributed by atoms with Crippen LogP contribution >= 0.6 is 0 Å². The zero-order valence-corrected chi connectivity index (χ0v) is 13.0.